The van der Waals surface area contributed by atoms with E-state index >= 15 is 0 Å². The number of hydrogen-bond acceptors (Lipinski definition) is 5. The van der Waals surface area contributed by atoms with Gasteiger partial charge in [0.2, 0.25) is 0 Å². The summed E-state index contributed by atoms with van der Waals surface area (Å²) in [5.41, 5.74) is 0.741. The lowest BCUT2D eigenvalue weighted by Gasteiger charge is -2.12. The minimum atomic E-state index is -5.12. The van der Waals surface area contributed by atoms with Gasteiger partial charge in [0.25, 0.3) is 0 Å². The van der Waals surface area contributed by atoms with Gasteiger partial charge in [-0.2, -0.15) is 39.5 Å². The van der Waals surface area contributed by atoms with Gasteiger partial charge in [-0.25, -0.2) is 9.97 Å². The summed E-state index contributed by atoms with van der Waals surface area (Å²) in [4.78, 5) is 42.6. The summed E-state index contributed by atoms with van der Waals surface area (Å²) in [7, 11) is 0. The second kappa shape index (κ2) is 12.3. The molecule has 3 aromatic carbocycles. The standard InChI is InChI=1S/C28H16F9N5O3/c29-26(30,31)23(43)38-17-7-1-14(2-8-17)20-13-21(15-3-9-18(10-4-15)39-24(44)27(32,33)34)42-22(41-20)16-5-11-19(12-6-16)40-25(45)28(35,36)37/h1-13H,(H,38,43)(H,39,44)(H,40,45). The third-order valence-electron chi connectivity index (χ3n) is 5.78. The van der Waals surface area contributed by atoms with Gasteiger partial charge in [-0.1, -0.05) is 24.3 Å². The van der Waals surface area contributed by atoms with Crippen molar-refractivity contribution >= 4 is 34.8 Å². The van der Waals surface area contributed by atoms with Gasteiger partial charge in [-0.15, -0.1) is 0 Å². The van der Waals surface area contributed by atoms with Crippen molar-refractivity contribution in [1.29, 1.82) is 0 Å². The summed E-state index contributed by atoms with van der Waals surface area (Å²) in [6.45, 7) is 0. The number of aromatic nitrogens is 2. The Kier molecular flexibility index (Phi) is 8.83. The van der Waals surface area contributed by atoms with Crippen LogP contribution in [0.2, 0.25) is 0 Å². The second-order valence-corrected chi connectivity index (χ2v) is 9.05. The minimum absolute atomic E-state index is 0.0000920. The van der Waals surface area contributed by atoms with E-state index in [9.17, 15) is 53.9 Å². The van der Waals surface area contributed by atoms with Crippen LogP contribution in [-0.4, -0.2) is 46.2 Å². The molecule has 4 rings (SSSR count). The first-order chi connectivity index (χ1) is 20.9. The molecule has 8 nitrogen and oxygen atoms in total. The van der Waals surface area contributed by atoms with Crippen LogP contribution in [0.1, 0.15) is 0 Å². The fourth-order valence-corrected chi connectivity index (χ4v) is 3.63. The van der Waals surface area contributed by atoms with Crippen molar-refractivity contribution < 1.29 is 53.9 Å². The molecule has 0 spiro atoms. The van der Waals surface area contributed by atoms with E-state index in [1.165, 1.54) is 66.7 Å². The van der Waals surface area contributed by atoms with Crippen molar-refractivity contribution in [3.05, 3.63) is 78.9 Å². The Morgan fingerprint density at radius 2 is 0.711 bits per heavy atom. The van der Waals surface area contributed by atoms with Gasteiger partial charge in [0.15, 0.2) is 5.82 Å². The lowest BCUT2D eigenvalue weighted by atomic mass is 10.1. The zero-order chi connectivity index (χ0) is 33.2. The Morgan fingerprint density at radius 3 is 0.978 bits per heavy atom. The van der Waals surface area contributed by atoms with Crippen LogP contribution in [0.4, 0.5) is 56.6 Å². The van der Waals surface area contributed by atoms with Crippen LogP contribution in [0.15, 0.2) is 78.9 Å². The molecule has 17 heteroatoms. The maximum Gasteiger partial charge on any atom is 0.471 e. The number of benzene rings is 3. The highest BCUT2D eigenvalue weighted by molar-refractivity contribution is 5.96. The molecule has 4 aromatic rings. The van der Waals surface area contributed by atoms with Gasteiger partial charge in [0.1, 0.15) is 0 Å². The summed E-state index contributed by atoms with van der Waals surface area (Å²) in [6, 6.07) is 16.4. The normalized spacial score (nSPS) is 11.9. The van der Waals surface area contributed by atoms with Crippen molar-refractivity contribution in [2.24, 2.45) is 0 Å². The molecule has 0 atom stereocenters. The summed E-state index contributed by atoms with van der Waals surface area (Å²) >= 11 is 0. The Hall–Kier alpha value is -5.48. The molecule has 3 N–H and O–H groups in total. The Labute approximate surface area is 246 Å². The molecule has 0 radical (unpaired) electrons. The minimum Gasteiger partial charge on any atom is -0.318 e. The number of carbonyl (C=O) groups excluding carboxylic acids is 3. The predicted octanol–water partition coefficient (Wildman–Crippen LogP) is 6.98. The van der Waals surface area contributed by atoms with Crippen LogP contribution in [0.3, 0.4) is 0 Å². The lowest BCUT2D eigenvalue weighted by Crippen LogP contribution is -2.29. The van der Waals surface area contributed by atoms with Gasteiger partial charge in [-0.3, -0.25) is 14.4 Å². The van der Waals surface area contributed by atoms with E-state index in [4.69, 9.17) is 0 Å². The fraction of sp³-hybridized carbons (Fsp3) is 0.107. The Morgan fingerprint density at radius 1 is 0.444 bits per heavy atom. The molecular formula is C28H16F9N5O3. The van der Waals surface area contributed by atoms with E-state index in [2.05, 4.69) is 9.97 Å². The molecule has 0 aliphatic heterocycles. The van der Waals surface area contributed by atoms with E-state index in [0.29, 0.717) is 11.1 Å². The molecule has 0 saturated carbocycles. The van der Waals surface area contributed by atoms with Crippen LogP contribution in [0.25, 0.3) is 33.9 Å². The van der Waals surface area contributed by atoms with Gasteiger partial charge in [-0.05, 0) is 54.6 Å². The number of hydrogen-bond donors (Lipinski definition) is 3. The highest BCUT2D eigenvalue weighted by atomic mass is 19.4. The third kappa shape index (κ3) is 8.33. The Bertz CT molecular complexity index is 1500. The fourth-order valence-electron chi connectivity index (χ4n) is 3.63. The topological polar surface area (TPSA) is 113 Å². The summed E-state index contributed by atoms with van der Waals surface area (Å²) in [5, 5.41) is 5.07. The van der Waals surface area contributed by atoms with Gasteiger partial charge < -0.3 is 16.0 Å². The van der Waals surface area contributed by atoms with Crippen molar-refractivity contribution in [3.8, 4) is 33.9 Å². The van der Waals surface area contributed by atoms with Crippen LogP contribution in [0, 0.1) is 0 Å². The molecule has 3 amide bonds. The molecule has 234 valence electrons. The second-order valence-electron chi connectivity index (χ2n) is 9.05. The average molecular weight is 641 g/mol. The van der Waals surface area contributed by atoms with Crippen LogP contribution in [-0.2, 0) is 14.4 Å². The SMILES string of the molecule is O=C(Nc1ccc(-c2cc(-c3ccc(NC(=O)C(F)(F)F)cc3)nc(-c3ccc(NC(=O)C(F)(F)F)cc3)n2)cc1)C(F)(F)F. The number of amides is 3. The predicted molar refractivity (Wildman–Crippen MR) is 142 cm³/mol. The molecule has 45 heavy (non-hydrogen) atoms. The highest BCUT2D eigenvalue weighted by Crippen LogP contribution is 2.30. The summed E-state index contributed by atoms with van der Waals surface area (Å²) in [5.74, 6) is -6.57. The number of anilines is 3. The van der Waals surface area contributed by atoms with Crippen molar-refractivity contribution in [2.45, 2.75) is 18.5 Å². The van der Waals surface area contributed by atoms with Gasteiger partial charge in [0.05, 0.1) is 11.4 Å². The number of nitrogens with zero attached hydrogens (tertiary/aromatic N) is 2. The number of carbonyl (C=O) groups is 3. The largest absolute Gasteiger partial charge is 0.471 e. The van der Waals surface area contributed by atoms with E-state index in [0.717, 1.165) is 12.1 Å². The molecular weight excluding hydrogens is 625 g/mol. The van der Waals surface area contributed by atoms with E-state index in [1.54, 1.807) is 16.0 Å². The smallest absolute Gasteiger partial charge is 0.318 e. The molecule has 0 aliphatic carbocycles. The molecule has 1 aromatic heterocycles. The quantitative estimate of drug-likeness (QED) is 0.197. The van der Waals surface area contributed by atoms with Crippen LogP contribution < -0.4 is 16.0 Å². The molecule has 0 unspecified atom stereocenters. The zero-order valence-corrected chi connectivity index (χ0v) is 22.0. The molecule has 0 fully saturated rings. The Balaban J connectivity index is 1.70. The van der Waals surface area contributed by atoms with Gasteiger partial charge in [0, 0.05) is 33.8 Å². The van der Waals surface area contributed by atoms with Crippen LogP contribution >= 0.6 is 0 Å². The van der Waals surface area contributed by atoms with Crippen molar-refractivity contribution in [2.75, 3.05) is 16.0 Å². The highest BCUT2D eigenvalue weighted by Gasteiger charge is 2.40. The van der Waals surface area contributed by atoms with Crippen LogP contribution in [0.5, 0.6) is 0 Å². The molecule has 0 aliphatic rings. The van der Waals surface area contributed by atoms with E-state index < -0.39 is 36.3 Å². The maximum absolute atomic E-state index is 12.6. The number of rotatable bonds is 6. The third-order valence-corrected chi connectivity index (χ3v) is 5.78. The molecule has 0 saturated heterocycles. The molecule has 0 bridgehead atoms. The first-order valence-corrected chi connectivity index (χ1v) is 12.2. The number of halogens is 9. The van der Waals surface area contributed by atoms with E-state index in [-0.39, 0.29) is 39.8 Å². The zero-order valence-electron chi connectivity index (χ0n) is 22.0. The number of nitrogens with one attached hydrogen (secondary N) is 3. The van der Waals surface area contributed by atoms with Gasteiger partial charge >= 0.3 is 36.3 Å². The van der Waals surface area contributed by atoms with E-state index in [1.807, 2.05) is 0 Å². The lowest BCUT2D eigenvalue weighted by molar-refractivity contribution is -0.167. The maximum atomic E-state index is 12.6. The summed E-state index contributed by atoms with van der Waals surface area (Å²) < 4.78 is 113. The molecule has 1 heterocycles. The first-order valence-electron chi connectivity index (χ1n) is 12.2. The first kappa shape index (κ1) is 32.4. The number of alkyl halides is 9. The summed E-state index contributed by atoms with van der Waals surface area (Å²) in [6.07, 6.45) is -15.4. The van der Waals surface area contributed by atoms with Crippen molar-refractivity contribution in [3.63, 3.8) is 0 Å². The monoisotopic (exact) mass is 641 g/mol. The average Bonchev–Trinajstić information content (AvgIpc) is 2.96. The van der Waals surface area contributed by atoms with Crippen molar-refractivity contribution in [1.82, 2.24) is 9.97 Å².